The zero-order chi connectivity index (χ0) is 15.8. The first-order valence-electron chi connectivity index (χ1n) is 4.90. The Bertz CT molecular complexity index is 467. The first kappa shape index (κ1) is 16.5. The molecule has 20 heavy (non-hydrogen) atoms. The van der Waals surface area contributed by atoms with Gasteiger partial charge in [0.25, 0.3) is 0 Å². The third-order valence-corrected chi connectivity index (χ3v) is 2.22. The van der Waals surface area contributed by atoms with Crippen molar-refractivity contribution in [1.82, 2.24) is 0 Å². The monoisotopic (exact) mass is 309 g/mol. The minimum absolute atomic E-state index is 0.373. The molecule has 1 aromatic carbocycles. The first-order chi connectivity index (χ1) is 8.84. The van der Waals surface area contributed by atoms with E-state index in [1.165, 1.54) is 0 Å². The average Bonchev–Trinajstić information content (AvgIpc) is 2.24. The molecule has 0 heterocycles. The summed E-state index contributed by atoms with van der Waals surface area (Å²) in [4.78, 5) is 0. The number of halogens is 8. The van der Waals surface area contributed by atoms with Crippen LogP contribution in [0.3, 0.4) is 0 Å². The van der Waals surface area contributed by atoms with Crippen LogP contribution in [0.5, 0.6) is 5.75 Å². The second-order valence-electron chi connectivity index (χ2n) is 3.72. The third-order valence-electron chi connectivity index (χ3n) is 2.22. The second-order valence-corrected chi connectivity index (χ2v) is 3.72. The average molecular weight is 309 g/mol. The van der Waals surface area contributed by atoms with Gasteiger partial charge in [-0.1, -0.05) is 12.1 Å². The van der Waals surface area contributed by atoms with Crippen molar-refractivity contribution in [3.8, 4) is 5.75 Å². The van der Waals surface area contributed by atoms with Crippen LogP contribution in [0, 0.1) is 0 Å². The molecule has 1 atom stereocenters. The Kier molecular flexibility index (Phi) is 4.18. The molecular weight excluding hydrogens is 302 g/mol. The molecule has 0 aliphatic heterocycles. The summed E-state index contributed by atoms with van der Waals surface area (Å²) in [5, 5.41) is 0. The minimum atomic E-state index is -5.92. The van der Waals surface area contributed by atoms with Crippen molar-refractivity contribution in [2.24, 2.45) is 5.73 Å². The lowest BCUT2D eigenvalue weighted by molar-refractivity contribution is -0.291. The van der Waals surface area contributed by atoms with Crippen molar-refractivity contribution in [3.63, 3.8) is 0 Å². The SMILES string of the molecule is N[C@@H](c1cccc(OC(F)(F)F)c1)C(F)(F)C(F)(F)F. The maximum Gasteiger partial charge on any atom is 0.573 e. The van der Waals surface area contributed by atoms with E-state index in [0.29, 0.717) is 6.07 Å². The van der Waals surface area contributed by atoms with Gasteiger partial charge in [0.1, 0.15) is 11.8 Å². The predicted molar refractivity (Wildman–Crippen MR) is 51.1 cm³/mol. The summed E-state index contributed by atoms with van der Waals surface area (Å²) in [5.74, 6) is -6.23. The number of hydrogen-bond acceptors (Lipinski definition) is 2. The van der Waals surface area contributed by atoms with E-state index in [4.69, 9.17) is 5.73 Å². The molecule has 0 spiro atoms. The van der Waals surface area contributed by atoms with E-state index >= 15 is 0 Å². The Morgan fingerprint density at radius 1 is 0.950 bits per heavy atom. The zero-order valence-corrected chi connectivity index (χ0v) is 9.40. The maximum atomic E-state index is 13.0. The van der Waals surface area contributed by atoms with E-state index in [-0.39, 0.29) is 0 Å². The van der Waals surface area contributed by atoms with Crippen LogP contribution in [-0.2, 0) is 0 Å². The molecule has 0 amide bonds. The van der Waals surface area contributed by atoms with Crippen LogP contribution in [0.2, 0.25) is 0 Å². The van der Waals surface area contributed by atoms with Crippen molar-refractivity contribution in [2.75, 3.05) is 0 Å². The zero-order valence-electron chi connectivity index (χ0n) is 9.40. The molecule has 0 saturated heterocycles. The van der Waals surface area contributed by atoms with Crippen LogP contribution in [0.15, 0.2) is 24.3 Å². The molecule has 0 unspecified atom stereocenters. The summed E-state index contributed by atoms with van der Waals surface area (Å²) in [6.07, 6.45) is -11.0. The third kappa shape index (κ3) is 3.71. The van der Waals surface area contributed by atoms with E-state index in [2.05, 4.69) is 4.74 Å². The molecule has 1 rings (SSSR count). The molecule has 10 heteroatoms. The smallest absolute Gasteiger partial charge is 0.406 e. The lowest BCUT2D eigenvalue weighted by atomic mass is 10.0. The maximum absolute atomic E-state index is 13.0. The minimum Gasteiger partial charge on any atom is -0.406 e. The van der Waals surface area contributed by atoms with Gasteiger partial charge in [0.15, 0.2) is 0 Å². The molecule has 0 radical (unpaired) electrons. The van der Waals surface area contributed by atoms with E-state index in [9.17, 15) is 35.1 Å². The highest BCUT2D eigenvalue weighted by Gasteiger charge is 2.61. The van der Waals surface area contributed by atoms with Gasteiger partial charge in [-0.25, -0.2) is 0 Å². The van der Waals surface area contributed by atoms with Crippen molar-refractivity contribution < 1.29 is 39.9 Å². The van der Waals surface area contributed by atoms with Crippen molar-refractivity contribution in [3.05, 3.63) is 29.8 Å². The van der Waals surface area contributed by atoms with Gasteiger partial charge in [0.2, 0.25) is 0 Å². The fourth-order valence-electron chi connectivity index (χ4n) is 1.29. The first-order valence-corrected chi connectivity index (χ1v) is 4.90. The Hall–Kier alpha value is -1.58. The van der Waals surface area contributed by atoms with Crippen molar-refractivity contribution in [1.29, 1.82) is 0 Å². The number of ether oxygens (including phenoxy) is 1. The predicted octanol–water partition coefficient (Wildman–Crippen LogP) is 3.78. The highest BCUT2D eigenvalue weighted by molar-refractivity contribution is 5.32. The van der Waals surface area contributed by atoms with Gasteiger partial charge in [-0.15, -0.1) is 13.2 Å². The highest BCUT2D eigenvalue weighted by atomic mass is 19.4. The fourth-order valence-corrected chi connectivity index (χ4v) is 1.29. The Labute approximate surface area is 107 Å². The topological polar surface area (TPSA) is 35.2 Å². The molecule has 0 aliphatic rings. The quantitative estimate of drug-likeness (QED) is 0.862. The Balaban J connectivity index is 3.06. The van der Waals surface area contributed by atoms with Crippen LogP contribution >= 0.6 is 0 Å². The van der Waals surface area contributed by atoms with Crippen LogP contribution < -0.4 is 10.5 Å². The van der Waals surface area contributed by atoms with Crippen LogP contribution in [0.4, 0.5) is 35.1 Å². The molecule has 2 nitrogen and oxygen atoms in total. The molecule has 0 aromatic heterocycles. The molecule has 0 saturated carbocycles. The number of alkyl halides is 8. The van der Waals surface area contributed by atoms with Gasteiger partial charge in [0, 0.05) is 0 Å². The van der Waals surface area contributed by atoms with Crippen LogP contribution in [0.25, 0.3) is 0 Å². The molecule has 1 aromatic rings. The van der Waals surface area contributed by atoms with Gasteiger partial charge in [0.05, 0.1) is 0 Å². The summed E-state index contributed by atoms with van der Waals surface area (Å²) >= 11 is 0. The van der Waals surface area contributed by atoms with Crippen LogP contribution in [-0.4, -0.2) is 18.5 Å². The molecule has 2 N–H and O–H groups in total. The van der Waals surface area contributed by atoms with Crippen molar-refractivity contribution in [2.45, 2.75) is 24.5 Å². The number of benzene rings is 1. The standard InChI is InChI=1S/C10H7F8NO/c11-8(12,9(13,14)15)7(19)5-2-1-3-6(4-5)20-10(16,17)18/h1-4,7H,19H2/t7-/m0/s1. The molecule has 0 fully saturated rings. The van der Waals surface area contributed by atoms with Gasteiger partial charge < -0.3 is 10.5 Å². The Morgan fingerprint density at radius 3 is 1.95 bits per heavy atom. The number of hydrogen-bond donors (Lipinski definition) is 1. The molecular formula is C10H7F8NO. The van der Waals surface area contributed by atoms with E-state index < -0.39 is 35.8 Å². The summed E-state index contributed by atoms with van der Waals surface area (Å²) in [5.41, 5.74) is 3.95. The summed E-state index contributed by atoms with van der Waals surface area (Å²) in [6.45, 7) is 0. The van der Waals surface area contributed by atoms with E-state index in [1.54, 1.807) is 0 Å². The summed E-state index contributed by atoms with van der Waals surface area (Å²) < 4.78 is 101. The summed E-state index contributed by atoms with van der Waals surface area (Å²) in [7, 11) is 0. The van der Waals surface area contributed by atoms with Gasteiger partial charge in [-0.05, 0) is 17.7 Å². The lowest BCUT2D eigenvalue weighted by Gasteiger charge is -2.26. The number of nitrogens with two attached hydrogens (primary N) is 1. The van der Waals surface area contributed by atoms with E-state index in [0.717, 1.165) is 18.2 Å². The Morgan fingerprint density at radius 2 is 1.50 bits per heavy atom. The highest BCUT2D eigenvalue weighted by Crippen LogP contribution is 2.43. The van der Waals surface area contributed by atoms with Gasteiger partial charge in [-0.3, -0.25) is 0 Å². The van der Waals surface area contributed by atoms with E-state index in [1.807, 2.05) is 0 Å². The van der Waals surface area contributed by atoms with Gasteiger partial charge in [-0.2, -0.15) is 22.0 Å². The number of rotatable bonds is 3. The largest absolute Gasteiger partial charge is 0.573 e. The van der Waals surface area contributed by atoms with Crippen LogP contribution in [0.1, 0.15) is 11.6 Å². The van der Waals surface area contributed by atoms with Gasteiger partial charge >= 0.3 is 18.5 Å². The molecule has 114 valence electrons. The molecule has 0 bridgehead atoms. The lowest BCUT2D eigenvalue weighted by Crippen LogP contribution is -2.45. The second kappa shape index (κ2) is 5.08. The molecule has 0 aliphatic carbocycles. The normalized spacial score (nSPS) is 15.1. The fraction of sp³-hybridized carbons (Fsp3) is 0.400. The van der Waals surface area contributed by atoms with Crippen molar-refractivity contribution >= 4 is 0 Å². The summed E-state index contributed by atoms with van der Waals surface area (Å²) in [6, 6.07) is -0.164.